The maximum atomic E-state index is 12.7. The fourth-order valence-electron chi connectivity index (χ4n) is 2.74. The van der Waals surface area contributed by atoms with Gasteiger partial charge in [0, 0.05) is 36.9 Å². The maximum Gasteiger partial charge on any atom is 0.259 e. The van der Waals surface area contributed by atoms with Crippen molar-refractivity contribution in [3.8, 4) is 0 Å². The first-order chi connectivity index (χ1) is 10.6. The van der Waals surface area contributed by atoms with Crippen molar-refractivity contribution < 1.29 is 9.53 Å². The molecule has 0 unspecified atom stereocenters. The Morgan fingerprint density at radius 1 is 1.36 bits per heavy atom. The van der Waals surface area contributed by atoms with E-state index in [4.69, 9.17) is 4.74 Å². The topological polar surface area (TPSA) is 64.4 Å². The van der Waals surface area contributed by atoms with Crippen LogP contribution in [0.4, 0.5) is 0 Å². The first-order valence-corrected chi connectivity index (χ1v) is 7.48. The molecule has 22 heavy (non-hydrogen) atoms. The van der Waals surface area contributed by atoms with E-state index in [0.717, 1.165) is 11.2 Å². The molecule has 3 rings (SSSR count). The van der Waals surface area contributed by atoms with Gasteiger partial charge in [0.05, 0.1) is 24.9 Å². The van der Waals surface area contributed by atoms with E-state index in [9.17, 15) is 9.59 Å². The predicted molar refractivity (Wildman–Crippen MR) is 83.1 cm³/mol. The molecule has 1 aliphatic heterocycles. The van der Waals surface area contributed by atoms with Crippen molar-refractivity contribution in [2.24, 2.45) is 0 Å². The van der Waals surface area contributed by atoms with Crippen LogP contribution >= 0.6 is 0 Å². The molecule has 1 fully saturated rings. The highest BCUT2D eigenvalue weighted by Gasteiger charge is 2.22. The minimum Gasteiger partial charge on any atom is -0.378 e. The summed E-state index contributed by atoms with van der Waals surface area (Å²) >= 11 is 0. The van der Waals surface area contributed by atoms with Gasteiger partial charge >= 0.3 is 0 Å². The van der Waals surface area contributed by atoms with E-state index in [1.54, 1.807) is 23.4 Å². The molecule has 0 saturated carbocycles. The number of fused-ring (bicyclic) bond motifs is 1. The average molecular weight is 301 g/mol. The first-order valence-electron chi connectivity index (χ1n) is 7.48. The van der Waals surface area contributed by atoms with E-state index in [1.807, 2.05) is 18.4 Å². The monoisotopic (exact) mass is 301 g/mol. The molecular formula is C16H19N3O3. The Kier molecular flexibility index (Phi) is 3.94. The number of aromatic nitrogens is 2. The van der Waals surface area contributed by atoms with Gasteiger partial charge in [-0.1, -0.05) is 0 Å². The number of carbonyl (C=O) groups is 1. The highest BCUT2D eigenvalue weighted by Crippen LogP contribution is 2.14. The Morgan fingerprint density at radius 2 is 2.09 bits per heavy atom. The maximum absolute atomic E-state index is 12.7. The summed E-state index contributed by atoms with van der Waals surface area (Å²) in [6, 6.07) is 1.75. The van der Waals surface area contributed by atoms with Crippen LogP contribution in [0.1, 0.15) is 23.0 Å². The minimum absolute atomic E-state index is 0.216. The van der Waals surface area contributed by atoms with Gasteiger partial charge in [-0.15, -0.1) is 0 Å². The largest absolute Gasteiger partial charge is 0.378 e. The van der Waals surface area contributed by atoms with Gasteiger partial charge in [-0.3, -0.25) is 14.6 Å². The molecule has 3 heterocycles. The van der Waals surface area contributed by atoms with Crippen LogP contribution in [0.3, 0.4) is 0 Å². The molecule has 1 saturated heterocycles. The molecule has 0 bridgehead atoms. The standard InChI is InChI=1S/C16H19N3O3/c1-3-18-10-13(16(21)19-4-6-22-7-5-19)15(20)12-8-11(2)17-9-14(12)18/h8-10H,3-7H2,1-2H3. The highest BCUT2D eigenvalue weighted by molar-refractivity contribution is 5.97. The van der Waals surface area contributed by atoms with E-state index in [0.29, 0.717) is 38.2 Å². The number of pyridine rings is 2. The first kappa shape index (κ1) is 14.7. The minimum atomic E-state index is -0.221. The van der Waals surface area contributed by atoms with Crippen LogP contribution in [-0.4, -0.2) is 46.7 Å². The van der Waals surface area contributed by atoms with Crippen LogP contribution in [0.2, 0.25) is 0 Å². The molecule has 116 valence electrons. The number of amides is 1. The Morgan fingerprint density at radius 3 is 2.77 bits per heavy atom. The molecule has 0 atom stereocenters. The van der Waals surface area contributed by atoms with E-state index in [2.05, 4.69) is 4.98 Å². The second-order valence-electron chi connectivity index (χ2n) is 5.41. The molecule has 2 aromatic heterocycles. The third kappa shape index (κ3) is 2.50. The van der Waals surface area contributed by atoms with Gasteiger partial charge in [-0.2, -0.15) is 0 Å². The number of carbonyl (C=O) groups excluding carboxylic acids is 1. The number of hydrogen-bond donors (Lipinski definition) is 0. The second kappa shape index (κ2) is 5.88. The Bertz CT molecular complexity index is 776. The van der Waals surface area contributed by atoms with Gasteiger partial charge in [0.2, 0.25) is 5.43 Å². The number of aryl methyl sites for hydroxylation is 2. The van der Waals surface area contributed by atoms with Gasteiger partial charge in [-0.25, -0.2) is 0 Å². The molecule has 2 aromatic rings. The van der Waals surface area contributed by atoms with Crippen molar-refractivity contribution in [2.45, 2.75) is 20.4 Å². The third-order valence-corrected chi connectivity index (χ3v) is 3.97. The summed E-state index contributed by atoms with van der Waals surface area (Å²) in [6.07, 6.45) is 3.35. The van der Waals surface area contributed by atoms with Gasteiger partial charge in [-0.05, 0) is 19.9 Å². The van der Waals surface area contributed by atoms with Gasteiger partial charge < -0.3 is 14.2 Å². The summed E-state index contributed by atoms with van der Waals surface area (Å²) in [6.45, 7) is 6.58. The van der Waals surface area contributed by atoms with Gasteiger partial charge in [0.1, 0.15) is 5.56 Å². The zero-order valence-electron chi connectivity index (χ0n) is 12.8. The number of nitrogens with zero attached hydrogens (tertiary/aromatic N) is 3. The lowest BCUT2D eigenvalue weighted by Gasteiger charge is -2.27. The lowest BCUT2D eigenvalue weighted by molar-refractivity contribution is 0.0301. The molecule has 0 spiro atoms. The molecule has 0 aromatic carbocycles. The molecule has 6 nitrogen and oxygen atoms in total. The van der Waals surface area contributed by atoms with E-state index in [-0.39, 0.29) is 16.9 Å². The van der Waals surface area contributed by atoms with Gasteiger partial charge in [0.15, 0.2) is 0 Å². The molecule has 0 radical (unpaired) electrons. The summed E-state index contributed by atoms with van der Waals surface area (Å²) in [5.41, 5.74) is 1.53. The fraction of sp³-hybridized carbons (Fsp3) is 0.438. The SMILES string of the molecule is CCn1cc(C(=O)N2CCOCC2)c(=O)c2cc(C)ncc21. The summed E-state index contributed by atoms with van der Waals surface area (Å²) < 4.78 is 7.16. The number of morpholine rings is 1. The quantitative estimate of drug-likeness (QED) is 0.836. The number of ether oxygens (including phenoxy) is 1. The second-order valence-corrected chi connectivity index (χ2v) is 5.41. The molecular weight excluding hydrogens is 282 g/mol. The van der Waals surface area contributed by atoms with Crippen molar-refractivity contribution in [1.29, 1.82) is 0 Å². The van der Waals surface area contributed by atoms with E-state index < -0.39 is 0 Å². The lowest BCUT2D eigenvalue weighted by Crippen LogP contribution is -2.42. The van der Waals surface area contributed by atoms with Crippen LogP contribution in [0.15, 0.2) is 23.3 Å². The lowest BCUT2D eigenvalue weighted by atomic mass is 10.1. The van der Waals surface area contributed by atoms with Crippen molar-refractivity contribution in [3.05, 3.63) is 39.9 Å². The average Bonchev–Trinajstić information content (AvgIpc) is 2.56. The van der Waals surface area contributed by atoms with Crippen molar-refractivity contribution >= 4 is 16.8 Å². The highest BCUT2D eigenvalue weighted by atomic mass is 16.5. The van der Waals surface area contributed by atoms with E-state index in [1.165, 1.54) is 0 Å². The Labute approximate surface area is 128 Å². The van der Waals surface area contributed by atoms with Crippen molar-refractivity contribution in [2.75, 3.05) is 26.3 Å². The van der Waals surface area contributed by atoms with Crippen LogP contribution < -0.4 is 5.43 Å². The fourth-order valence-corrected chi connectivity index (χ4v) is 2.74. The summed E-state index contributed by atoms with van der Waals surface area (Å²) in [5, 5.41) is 0.549. The van der Waals surface area contributed by atoms with Crippen LogP contribution in [0, 0.1) is 6.92 Å². The number of hydrogen-bond acceptors (Lipinski definition) is 4. The molecule has 0 aliphatic carbocycles. The van der Waals surface area contributed by atoms with Crippen molar-refractivity contribution in [1.82, 2.24) is 14.5 Å². The zero-order valence-corrected chi connectivity index (χ0v) is 12.8. The zero-order chi connectivity index (χ0) is 15.7. The smallest absolute Gasteiger partial charge is 0.259 e. The van der Waals surface area contributed by atoms with Crippen LogP contribution in [0.5, 0.6) is 0 Å². The molecule has 1 amide bonds. The normalized spacial score (nSPS) is 15.3. The summed E-state index contributed by atoms with van der Waals surface area (Å²) in [5.74, 6) is -0.216. The van der Waals surface area contributed by atoms with Gasteiger partial charge in [0.25, 0.3) is 5.91 Å². The molecule has 6 heteroatoms. The van der Waals surface area contributed by atoms with Crippen LogP contribution in [0.25, 0.3) is 10.9 Å². The summed E-state index contributed by atoms with van der Waals surface area (Å²) in [7, 11) is 0. The predicted octanol–water partition coefficient (Wildman–Crippen LogP) is 1.20. The number of rotatable bonds is 2. The van der Waals surface area contributed by atoms with Crippen molar-refractivity contribution in [3.63, 3.8) is 0 Å². The van der Waals surface area contributed by atoms with E-state index >= 15 is 0 Å². The molecule has 1 aliphatic rings. The third-order valence-electron chi connectivity index (χ3n) is 3.97. The Balaban J connectivity index is 2.15. The van der Waals surface area contributed by atoms with Crippen LogP contribution in [-0.2, 0) is 11.3 Å². The summed E-state index contributed by atoms with van der Waals surface area (Å²) in [4.78, 5) is 31.3. The molecule has 0 N–H and O–H groups in total. The Hall–Kier alpha value is -2.21.